The van der Waals surface area contributed by atoms with Crippen molar-refractivity contribution in [3.8, 4) is 0 Å². The molecular weight excluding hydrogens is 367 g/mol. The Labute approximate surface area is 150 Å². The second-order valence-corrected chi connectivity index (χ2v) is 6.95. The number of amides is 1. The molecule has 26 heavy (non-hydrogen) atoms. The fourth-order valence-electron chi connectivity index (χ4n) is 2.60. The molecule has 0 spiro atoms. The molecule has 0 aliphatic carbocycles. The van der Waals surface area contributed by atoms with Crippen LogP contribution in [0.2, 0.25) is 0 Å². The van der Waals surface area contributed by atoms with Crippen LogP contribution in [0.4, 0.5) is 18.9 Å². The molecule has 136 valence electrons. The van der Waals surface area contributed by atoms with Crippen LogP contribution in [0.25, 0.3) is 10.2 Å². The molecule has 1 aromatic carbocycles. The van der Waals surface area contributed by atoms with Crippen molar-refractivity contribution in [2.45, 2.75) is 26.6 Å². The van der Waals surface area contributed by atoms with Crippen molar-refractivity contribution in [2.75, 3.05) is 5.32 Å². The van der Waals surface area contributed by atoms with E-state index >= 15 is 0 Å². The van der Waals surface area contributed by atoms with Gasteiger partial charge in [0.05, 0.1) is 16.6 Å². The van der Waals surface area contributed by atoms with Gasteiger partial charge in [-0.15, -0.1) is 11.3 Å². The summed E-state index contributed by atoms with van der Waals surface area (Å²) in [6.45, 7) is 2.99. The number of benzene rings is 1. The number of hydrogen-bond acceptors (Lipinski definition) is 4. The molecule has 9 heteroatoms. The number of hydrogen-bond donors (Lipinski definition) is 1. The third-order valence-corrected chi connectivity index (χ3v) is 4.72. The SMILES string of the molecule is Cc1cc2c(=O)n(CC(=O)Nc3ccccc3C(F)(F)F)c(C)nc2s1. The van der Waals surface area contributed by atoms with Crippen LogP contribution in [-0.2, 0) is 17.5 Å². The smallest absolute Gasteiger partial charge is 0.324 e. The van der Waals surface area contributed by atoms with Gasteiger partial charge < -0.3 is 5.32 Å². The molecule has 0 aliphatic rings. The monoisotopic (exact) mass is 381 g/mol. The highest BCUT2D eigenvalue weighted by molar-refractivity contribution is 7.18. The van der Waals surface area contributed by atoms with Crippen molar-refractivity contribution >= 4 is 33.1 Å². The largest absolute Gasteiger partial charge is 0.418 e. The zero-order valence-electron chi connectivity index (χ0n) is 13.8. The molecule has 3 rings (SSSR count). The summed E-state index contributed by atoms with van der Waals surface area (Å²) in [6, 6.07) is 6.37. The highest BCUT2D eigenvalue weighted by atomic mass is 32.1. The first-order valence-electron chi connectivity index (χ1n) is 7.60. The van der Waals surface area contributed by atoms with Crippen LogP contribution in [0.15, 0.2) is 35.1 Å². The maximum atomic E-state index is 13.0. The van der Waals surface area contributed by atoms with Gasteiger partial charge in [0, 0.05) is 4.88 Å². The number of anilines is 1. The van der Waals surface area contributed by atoms with Crippen molar-refractivity contribution in [2.24, 2.45) is 0 Å². The van der Waals surface area contributed by atoms with E-state index in [1.165, 1.54) is 29.5 Å². The number of carbonyl (C=O) groups excluding carboxylic acids is 1. The Balaban J connectivity index is 1.90. The number of para-hydroxylation sites is 1. The Morgan fingerprint density at radius 3 is 2.65 bits per heavy atom. The number of nitrogens with one attached hydrogen (secondary N) is 1. The molecule has 2 aromatic heterocycles. The van der Waals surface area contributed by atoms with Gasteiger partial charge in [-0.2, -0.15) is 13.2 Å². The van der Waals surface area contributed by atoms with Gasteiger partial charge in [-0.25, -0.2) is 4.98 Å². The van der Waals surface area contributed by atoms with Gasteiger partial charge in [0.2, 0.25) is 5.91 Å². The number of aryl methyl sites for hydroxylation is 2. The lowest BCUT2D eigenvalue weighted by Crippen LogP contribution is -2.30. The van der Waals surface area contributed by atoms with Crippen LogP contribution in [0.3, 0.4) is 0 Å². The highest BCUT2D eigenvalue weighted by Gasteiger charge is 2.33. The van der Waals surface area contributed by atoms with E-state index in [4.69, 9.17) is 0 Å². The highest BCUT2D eigenvalue weighted by Crippen LogP contribution is 2.34. The summed E-state index contributed by atoms with van der Waals surface area (Å²) in [7, 11) is 0. The summed E-state index contributed by atoms with van der Waals surface area (Å²) < 4.78 is 40.2. The Morgan fingerprint density at radius 2 is 1.96 bits per heavy atom. The van der Waals surface area contributed by atoms with E-state index in [9.17, 15) is 22.8 Å². The number of fused-ring (bicyclic) bond motifs is 1. The van der Waals surface area contributed by atoms with Crippen LogP contribution < -0.4 is 10.9 Å². The number of rotatable bonds is 3. The van der Waals surface area contributed by atoms with Gasteiger partial charge in [-0.05, 0) is 32.0 Å². The zero-order chi connectivity index (χ0) is 19.1. The fraction of sp³-hybridized carbons (Fsp3) is 0.235. The molecule has 0 saturated carbocycles. The van der Waals surface area contributed by atoms with Crippen LogP contribution in [0.1, 0.15) is 16.3 Å². The van der Waals surface area contributed by atoms with E-state index in [1.807, 2.05) is 6.92 Å². The fourth-order valence-corrected chi connectivity index (χ4v) is 3.51. The molecule has 3 aromatic rings. The van der Waals surface area contributed by atoms with Crippen molar-refractivity contribution in [1.29, 1.82) is 0 Å². The van der Waals surface area contributed by atoms with Gasteiger partial charge in [-0.3, -0.25) is 14.2 Å². The first-order valence-corrected chi connectivity index (χ1v) is 8.42. The Kier molecular flexibility index (Phi) is 4.57. The quantitative estimate of drug-likeness (QED) is 0.752. The van der Waals surface area contributed by atoms with Crippen molar-refractivity contribution in [3.63, 3.8) is 0 Å². The average Bonchev–Trinajstić information content (AvgIpc) is 2.91. The lowest BCUT2D eigenvalue weighted by molar-refractivity contribution is -0.137. The topological polar surface area (TPSA) is 64.0 Å². The third-order valence-electron chi connectivity index (χ3n) is 3.77. The summed E-state index contributed by atoms with van der Waals surface area (Å²) >= 11 is 1.37. The predicted octanol–water partition coefficient (Wildman–Crippen LogP) is 3.73. The number of aromatic nitrogens is 2. The predicted molar refractivity (Wildman–Crippen MR) is 93.4 cm³/mol. The van der Waals surface area contributed by atoms with Gasteiger partial charge in [-0.1, -0.05) is 12.1 Å². The summed E-state index contributed by atoms with van der Waals surface area (Å²) in [5, 5.41) is 2.62. The van der Waals surface area contributed by atoms with E-state index < -0.39 is 29.8 Å². The maximum Gasteiger partial charge on any atom is 0.418 e. The van der Waals surface area contributed by atoms with E-state index in [1.54, 1.807) is 13.0 Å². The Hall–Kier alpha value is -2.68. The number of halogens is 3. The molecule has 0 bridgehead atoms. The van der Waals surface area contributed by atoms with Crippen LogP contribution in [-0.4, -0.2) is 15.5 Å². The molecule has 0 atom stereocenters. The normalized spacial score (nSPS) is 11.7. The van der Waals surface area contributed by atoms with Crippen molar-refractivity contribution < 1.29 is 18.0 Å². The third kappa shape index (κ3) is 3.48. The Morgan fingerprint density at radius 1 is 1.27 bits per heavy atom. The van der Waals surface area contributed by atoms with E-state index in [2.05, 4.69) is 10.3 Å². The molecule has 0 radical (unpaired) electrons. The first kappa shape index (κ1) is 18.1. The molecule has 1 amide bonds. The van der Waals surface area contributed by atoms with Crippen LogP contribution in [0.5, 0.6) is 0 Å². The second kappa shape index (κ2) is 6.56. The Bertz CT molecular complexity index is 1050. The number of thiophene rings is 1. The number of carbonyl (C=O) groups is 1. The maximum absolute atomic E-state index is 13.0. The molecule has 0 fully saturated rings. The molecule has 0 aliphatic heterocycles. The average molecular weight is 381 g/mol. The van der Waals surface area contributed by atoms with Crippen LogP contribution in [0, 0.1) is 13.8 Å². The minimum atomic E-state index is -4.59. The number of alkyl halides is 3. The van der Waals surface area contributed by atoms with E-state index in [0.29, 0.717) is 16.0 Å². The van der Waals surface area contributed by atoms with Gasteiger partial charge >= 0.3 is 6.18 Å². The molecule has 1 N–H and O–H groups in total. The lowest BCUT2D eigenvalue weighted by Gasteiger charge is -2.14. The van der Waals surface area contributed by atoms with Crippen molar-refractivity contribution in [3.05, 3.63) is 57.0 Å². The lowest BCUT2D eigenvalue weighted by atomic mass is 10.1. The van der Waals surface area contributed by atoms with Gasteiger partial charge in [0.1, 0.15) is 17.2 Å². The second-order valence-electron chi connectivity index (χ2n) is 5.72. The molecular formula is C17H14F3N3O2S. The summed E-state index contributed by atoms with van der Waals surface area (Å²) in [6.07, 6.45) is -4.59. The standard InChI is InChI=1S/C17H14F3N3O2S/c1-9-7-11-15(26-9)21-10(2)23(16(11)25)8-14(24)22-13-6-4-3-5-12(13)17(18,19)20/h3-7H,8H2,1-2H3,(H,22,24). The van der Waals surface area contributed by atoms with Crippen molar-refractivity contribution in [1.82, 2.24) is 9.55 Å². The molecule has 0 unspecified atom stereocenters. The summed E-state index contributed by atoms with van der Waals surface area (Å²) in [5.74, 6) is -0.413. The summed E-state index contributed by atoms with van der Waals surface area (Å²) in [5.41, 5.74) is -1.69. The van der Waals surface area contributed by atoms with Crippen LogP contribution >= 0.6 is 11.3 Å². The van der Waals surface area contributed by atoms with E-state index in [0.717, 1.165) is 15.5 Å². The summed E-state index contributed by atoms with van der Waals surface area (Å²) in [4.78, 5) is 30.6. The molecule has 0 saturated heterocycles. The minimum absolute atomic E-state index is 0.323. The molecule has 2 heterocycles. The first-order chi connectivity index (χ1) is 12.2. The van der Waals surface area contributed by atoms with Gasteiger partial charge in [0.15, 0.2) is 0 Å². The minimum Gasteiger partial charge on any atom is -0.324 e. The zero-order valence-corrected chi connectivity index (χ0v) is 14.7. The molecule has 5 nitrogen and oxygen atoms in total. The number of nitrogens with zero attached hydrogens (tertiary/aromatic N) is 2. The van der Waals surface area contributed by atoms with E-state index in [-0.39, 0.29) is 5.69 Å². The van der Waals surface area contributed by atoms with Gasteiger partial charge in [0.25, 0.3) is 5.56 Å².